The molecular weight excluding hydrogens is 402 g/mol. The number of aromatic nitrogens is 2. The lowest BCUT2D eigenvalue weighted by Crippen LogP contribution is -2.05. The van der Waals surface area contributed by atoms with Gasteiger partial charge in [0.2, 0.25) is 0 Å². The van der Waals surface area contributed by atoms with Crippen LogP contribution in [0.1, 0.15) is 22.4 Å². The maximum Gasteiger partial charge on any atom is 0.163 e. The number of rotatable bonds is 5. The molecule has 0 unspecified atom stereocenters. The first-order valence-electron chi connectivity index (χ1n) is 9.67. The molecule has 0 fully saturated rings. The largest absolute Gasteiger partial charge is 0.496 e. The molecule has 0 bridgehead atoms. The van der Waals surface area contributed by atoms with Gasteiger partial charge >= 0.3 is 0 Å². The normalized spacial score (nSPS) is 12.9. The fourth-order valence-electron chi connectivity index (χ4n) is 3.88. The predicted molar refractivity (Wildman–Crippen MR) is 120 cm³/mol. The second-order valence-corrected chi connectivity index (χ2v) is 8.63. The molecule has 4 aromatic rings. The maximum absolute atomic E-state index is 6.06. The second-order valence-electron chi connectivity index (χ2n) is 7.11. The third-order valence-electron chi connectivity index (χ3n) is 5.31. The Labute approximate surface area is 178 Å². The molecule has 2 aromatic heterocycles. The lowest BCUT2D eigenvalue weighted by Gasteiger charge is -2.12. The van der Waals surface area contributed by atoms with Gasteiger partial charge in [0, 0.05) is 27.6 Å². The molecule has 6 heteroatoms. The zero-order valence-corrected chi connectivity index (χ0v) is 17.6. The highest BCUT2D eigenvalue weighted by Crippen LogP contribution is 2.40. The van der Waals surface area contributed by atoms with E-state index >= 15 is 0 Å². The van der Waals surface area contributed by atoms with Crippen molar-refractivity contribution in [3.8, 4) is 17.1 Å². The zero-order valence-electron chi connectivity index (χ0n) is 16.0. The topological polar surface area (TPSA) is 47.0 Å². The summed E-state index contributed by atoms with van der Waals surface area (Å²) in [6, 6.07) is 15.7. The van der Waals surface area contributed by atoms with Crippen molar-refractivity contribution in [2.75, 3.05) is 12.4 Å². The smallest absolute Gasteiger partial charge is 0.163 e. The molecule has 0 spiro atoms. The van der Waals surface area contributed by atoms with Gasteiger partial charge in [-0.3, -0.25) is 0 Å². The molecule has 1 aliphatic rings. The molecule has 1 aliphatic carbocycles. The SMILES string of the molecule is COc1ccccc1CNc1nc(-c2ccc(Cl)cc2)nc2sc3c(c12)CCC3. The third-order valence-corrected chi connectivity index (χ3v) is 6.74. The van der Waals surface area contributed by atoms with E-state index in [0.29, 0.717) is 11.6 Å². The van der Waals surface area contributed by atoms with Crippen LogP contribution in [0.4, 0.5) is 5.82 Å². The van der Waals surface area contributed by atoms with Crippen molar-refractivity contribution in [1.29, 1.82) is 0 Å². The van der Waals surface area contributed by atoms with Crippen LogP contribution in [0.3, 0.4) is 0 Å². The highest BCUT2D eigenvalue weighted by atomic mass is 35.5. The lowest BCUT2D eigenvalue weighted by molar-refractivity contribution is 0.410. The molecule has 2 heterocycles. The second kappa shape index (κ2) is 7.65. The summed E-state index contributed by atoms with van der Waals surface area (Å²) in [7, 11) is 1.70. The van der Waals surface area contributed by atoms with Crippen molar-refractivity contribution < 1.29 is 4.74 Å². The number of nitrogens with one attached hydrogen (secondary N) is 1. The van der Waals surface area contributed by atoms with E-state index in [9.17, 15) is 0 Å². The molecule has 0 saturated carbocycles. The molecule has 0 saturated heterocycles. The van der Waals surface area contributed by atoms with E-state index in [0.717, 1.165) is 46.2 Å². The van der Waals surface area contributed by atoms with E-state index < -0.39 is 0 Å². The van der Waals surface area contributed by atoms with Crippen molar-refractivity contribution >= 4 is 39.0 Å². The van der Waals surface area contributed by atoms with Crippen LogP contribution in [-0.2, 0) is 19.4 Å². The minimum Gasteiger partial charge on any atom is -0.496 e. The molecule has 0 aliphatic heterocycles. The molecule has 0 radical (unpaired) electrons. The van der Waals surface area contributed by atoms with Gasteiger partial charge in [0.1, 0.15) is 16.4 Å². The van der Waals surface area contributed by atoms with Crippen molar-refractivity contribution in [1.82, 2.24) is 9.97 Å². The van der Waals surface area contributed by atoms with E-state index in [2.05, 4.69) is 11.4 Å². The summed E-state index contributed by atoms with van der Waals surface area (Å²) in [4.78, 5) is 12.3. The highest BCUT2D eigenvalue weighted by Gasteiger charge is 2.22. The van der Waals surface area contributed by atoms with E-state index in [4.69, 9.17) is 26.3 Å². The standard InChI is InChI=1S/C23H20ClN3OS/c1-28-18-7-3-2-5-15(18)13-25-22-20-17-6-4-8-19(17)29-23(20)27-21(26-22)14-9-11-16(24)12-10-14/h2-3,5,7,9-12H,4,6,8,13H2,1H3,(H,25,26,27). The summed E-state index contributed by atoms with van der Waals surface area (Å²) in [5.41, 5.74) is 3.47. The van der Waals surface area contributed by atoms with Gasteiger partial charge in [-0.15, -0.1) is 11.3 Å². The Morgan fingerprint density at radius 3 is 2.72 bits per heavy atom. The van der Waals surface area contributed by atoms with Crippen LogP contribution < -0.4 is 10.1 Å². The van der Waals surface area contributed by atoms with Crippen LogP contribution in [0.5, 0.6) is 5.75 Å². The van der Waals surface area contributed by atoms with Gasteiger partial charge in [0.15, 0.2) is 5.82 Å². The van der Waals surface area contributed by atoms with E-state index in [1.54, 1.807) is 18.4 Å². The van der Waals surface area contributed by atoms with Gasteiger partial charge in [-0.05, 0) is 55.2 Å². The Hall–Kier alpha value is -2.63. The molecule has 4 nitrogen and oxygen atoms in total. The number of halogens is 1. The highest BCUT2D eigenvalue weighted by molar-refractivity contribution is 7.19. The summed E-state index contributed by atoms with van der Waals surface area (Å²) >= 11 is 7.86. The van der Waals surface area contributed by atoms with E-state index in [-0.39, 0.29) is 0 Å². The minimum absolute atomic E-state index is 0.640. The zero-order chi connectivity index (χ0) is 19.8. The summed E-state index contributed by atoms with van der Waals surface area (Å²) in [6.45, 7) is 0.640. The first-order valence-corrected chi connectivity index (χ1v) is 10.9. The molecule has 5 rings (SSSR count). The Balaban J connectivity index is 1.59. The van der Waals surface area contributed by atoms with Gasteiger partial charge in [-0.25, -0.2) is 9.97 Å². The van der Waals surface area contributed by atoms with E-state index in [1.807, 2.05) is 42.5 Å². The number of thiophene rings is 1. The number of hydrogen-bond donors (Lipinski definition) is 1. The summed E-state index contributed by atoms with van der Waals surface area (Å²) in [5.74, 6) is 2.49. The number of anilines is 1. The number of ether oxygens (including phenoxy) is 1. The fourth-order valence-corrected chi connectivity index (χ4v) is 5.27. The Bertz CT molecular complexity index is 1190. The van der Waals surface area contributed by atoms with Crippen molar-refractivity contribution in [2.24, 2.45) is 0 Å². The average Bonchev–Trinajstić information content (AvgIpc) is 3.33. The predicted octanol–water partition coefficient (Wildman–Crippen LogP) is 6.12. The number of fused-ring (bicyclic) bond motifs is 3. The number of para-hydroxylation sites is 1. The van der Waals surface area contributed by atoms with Gasteiger partial charge < -0.3 is 10.1 Å². The molecule has 146 valence electrons. The van der Waals surface area contributed by atoms with Gasteiger partial charge in [-0.2, -0.15) is 0 Å². The maximum atomic E-state index is 6.06. The quantitative estimate of drug-likeness (QED) is 0.421. The van der Waals surface area contributed by atoms with Crippen LogP contribution in [0.15, 0.2) is 48.5 Å². The molecule has 0 amide bonds. The molecule has 1 N–H and O–H groups in total. The molecule has 0 atom stereocenters. The Morgan fingerprint density at radius 1 is 1.07 bits per heavy atom. The monoisotopic (exact) mass is 421 g/mol. The molecular formula is C23H20ClN3OS. The van der Waals surface area contributed by atoms with Gasteiger partial charge in [0.05, 0.1) is 12.5 Å². The number of aryl methyl sites for hydroxylation is 2. The van der Waals surface area contributed by atoms with Crippen LogP contribution in [0, 0.1) is 0 Å². The fraction of sp³-hybridized carbons (Fsp3) is 0.217. The van der Waals surface area contributed by atoms with Gasteiger partial charge in [0.25, 0.3) is 0 Å². The van der Waals surface area contributed by atoms with Crippen LogP contribution in [0.2, 0.25) is 5.02 Å². The first-order chi connectivity index (χ1) is 14.2. The van der Waals surface area contributed by atoms with Crippen molar-refractivity contribution in [3.63, 3.8) is 0 Å². The van der Waals surface area contributed by atoms with E-state index in [1.165, 1.54) is 22.2 Å². The first kappa shape index (κ1) is 18.4. The number of nitrogens with zero attached hydrogens (tertiary/aromatic N) is 2. The average molecular weight is 422 g/mol. The number of hydrogen-bond acceptors (Lipinski definition) is 5. The summed E-state index contributed by atoms with van der Waals surface area (Å²) < 4.78 is 5.50. The molecule has 2 aromatic carbocycles. The Morgan fingerprint density at radius 2 is 1.90 bits per heavy atom. The number of methoxy groups -OCH3 is 1. The Kier molecular flexibility index (Phi) is 4.86. The van der Waals surface area contributed by atoms with Gasteiger partial charge in [-0.1, -0.05) is 29.8 Å². The van der Waals surface area contributed by atoms with Crippen molar-refractivity contribution in [3.05, 3.63) is 69.6 Å². The number of benzene rings is 2. The molecule has 29 heavy (non-hydrogen) atoms. The third kappa shape index (κ3) is 3.45. The van der Waals surface area contributed by atoms with Crippen LogP contribution in [0.25, 0.3) is 21.6 Å². The minimum atomic E-state index is 0.640. The van der Waals surface area contributed by atoms with Crippen LogP contribution in [-0.4, -0.2) is 17.1 Å². The van der Waals surface area contributed by atoms with Crippen molar-refractivity contribution in [2.45, 2.75) is 25.8 Å². The lowest BCUT2D eigenvalue weighted by atomic mass is 10.1. The van der Waals surface area contributed by atoms with Crippen LogP contribution >= 0.6 is 22.9 Å². The summed E-state index contributed by atoms with van der Waals surface area (Å²) in [5, 5.41) is 5.45. The summed E-state index contributed by atoms with van der Waals surface area (Å²) in [6.07, 6.45) is 3.45.